The van der Waals surface area contributed by atoms with Crippen molar-refractivity contribution in [1.82, 2.24) is 15.1 Å². The van der Waals surface area contributed by atoms with Crippen molar-refractivity contribution in [2.75, 3.05) is 12.4 Å². The minimum Gasteiger partial charge on any atom is -0.469 e. The van der Waals surface area contributed by atoms with Gasteiger partial charge in [0.1, 0.15) is 5.82 Å². The molecular formula is C18H22N4O4. The summed E-state index contributed by atoms with van der Waals surface area (Å²) in [4.78, 5) is 36.2. The van der Waals surface area contributed by atoms with Crippen LogP contribution in [0.5, 0.6) is 0 Å². The van der Waals surface area contributed by atoms with E-state index in [0.29, 0.717) is 11.4 Å². The second kappa shape index (κ2) is 8.80. The number of nitrogens with zero attached hydrogens (tertiary/aromatic N) is 2. The number of hydrogen-bond donors (Lipinski definition) is 2. The maximum atomic E-state index is 12.3. The summed E-state index contributed by atoms with van der Waals surface area (Å²) in [5, 5.41) is 9.20. The Bertz CT molecular complexity index is 771. The van der Waals surface area contributed by atoms with Crippen molar-refractivity contribution in [1.29, 1.82) is 0 Å². The minimum absolute atomic E-state index is 0.0275. The number of amides is 2. The van der Waals surface area contributed by atoms with Gasteiger partial charge in [0.25, 0.3) is 0 Å². The quantitative estimate of drug-likeness (QED) is 0.606. The Hall–Kier alpha value is -3.16. The summed E-state index contributed by atoms with van der Waals surface area (Å²) in [6.07, 6.45) is 1.46. The molecule has 0 aliphatic heterocycles. The lowest BCUT2D eigenvalue weighted by molar-refractivity contribution is -0.142. The van der Waals surface area contributed by atoms with E-state index in [0.717, 1.165) is 0 Å². The molecule has 138 valence electrons. The van der Waals surface area contributed by atoms with Gasteiger partial charge in [0.05, 0.1) is 25.8 Å². The number of rotatable bonds is 6. The van der Waals surface area contributed by atoms with Gasteiger partial charge in [-0.25, -0.2) is 4.68 Å². The minimum atomic E-state index is -0.848. The summed E-state index contributed by atoms with van der Waals surface area (Å²) in [5.41, 5.74) is 0.700. The largest absolute Gasteiger partial charge is 0.469 e. The predicted octanol–water partition coefficient (Wildman–Crippen LogP) is 1.82. The Balaban J connectivity index is 2.09. The second-order valence-corrected chi connectivity index (χ2v) is 5.93. The van der Waals surface area contributed by atoms with Crippen LogP contribution in [0, 0.1) is 0 Å². The molecule has 1 heterocycles. The van der Waals surface area contributed by atoms with Crippen molar-refractivity contribution in [3.05, 3.63) is 48.2 Å². The molecule has 2 N–H and O–H groups in total. The Kier molecular flexibility index (Phi) is 6.48. The number of aromatic nitrogens is 2. The molecule has 0 saturated heterocycles. The zero-order valence-electron chi connectivity index (χ0n) is 14.9. The standard InChI is InChI=1S/C18H22N4O4/c1-12(2)22-15(9-10-19-22)21-18(25)17(24)20-14(11-16(23)26-3)13-7-5-4-6-8-13/h4-10,12,14H,11H2,1-3H3,(H,20,24)(H,21,25)/t14-/m1/s1. The number of esters is 1. The average molecular weight is 358 g/mol. The Morgan fingerprint density at radius 3 is 2.42 bits per heavy atom. The van der Waals surface area contributed by atoms with Crippen molar-refractivity contribution in [2.45, 2.75) is 32.4 Å². The van der Waals surface area contributed by atoms with Crippen LogP contribution in [0.1, 0.15) is 37.9 Å². The molecule has 8 nitrogen and oxygen atoms in total. The first kappa shape index (κ1) is 19.2. The summed E-state index contributed by atoms with van der Waals surface area (Å²) in [7, 11) is 1.27. The molecule has 0 saturated carbocycles. The van der Waals surface area contributed by atoms with Gasteiger partial charge in [-0.3, -0.25) is 14.4 Å². The van der Waals surface area contributed by atoms with E-state index in [1.165, 1.54) is 13.3 Å². The zero-order valence-corrected chi connectivity index (χ0v) is 14.9. The van der Waals surface area contributed by atoms with Gasteiger partial charge >= 0.3 is 17.8 Å². The van der Waals surface area contributed by atoms with Gasteiger partial charge in [-0.2, -0.15) is 5.10 Å². The van der Waals surface area contributed by atoms with Crippen LogP contribution in [0.15, 0.2) is 42.6 Å². The van der Waals surface area contributed by atoms with Gasteiger partial charge in [0, 0.05) is 12.1 Å². The van der Waals surface area contributed by atoms with E-state index in [2.05, 4.69) is 20.5 Å². The van der Waals surface area contributed by atoms with E-state index in [-0.39, 0.29) is 12.5 Å². The molecule has 0 radical (unpaired) electrons. The normalized spacial score (nSPS) is 11.7. The molecule has 0 unspecified atom stereocenters. The summed E-state index contributed by atoms with van der Waals surface area (Å²) >= 11 is 0. The highest BCUT2D eigenvalue weighted by molar-refractivity contribution is 6.39. The number of carbonyl (C=O) groups excluding carboxylic acids is 3. The number of carbonyl (C=O) groups is 3. The van der Waals surface area contributed by atoms with Crippen LogP contribution >= 0.6 is 0 Å². The highest BCUT2D eigenvalue weighted by Crippen LogP contribution is 2.17. The third-order valence-corrected chi connectivity index (χ3v) is 3.71. The van der Waals surface area contributed by atoms with Gasteiger partial charge in [0.15, 0.2) is 0 Å². The lowest BCUT2D eigenvalue weighted by atomic mass is 10.0. The number of benzene rings is 1. The highest BCUT2D eigenvalue weighted by Gasteiger charge is 2.23. The summed E-state index contributed by atoms with van der Waals surface area (Å²) in [5.74, 6) is -1.75. The number of hydrogen-bond acceptors (Lipinski definition) is 5. The van der Waals surface area contributed by atoms with E-state index in [9.17, 15) is 14.4 Å². The molecule has 0 spiro atoms. The van der Waals surface area contributed by atoms with E-state index in [1.54, 1.807) is 35.0 Å². The van der Waals surface area contributed by atoms with Crippen LogP contribution in [0.3, 0.4) is 0 Å². The second-order valence-electron chi connectivity index (χ2n) is 5.93. The average Bonchev–Trinajstić information content (AvgIpc) is 3.10. The number of methoxy groups -OCH3 is 1. The lowest BCUT2D eigenvalue weighted by Crippen LogP contribution is -2.39. The summed E-state index contributed by atoms with van der Waals surface area (Å²) in [6.45, 7) is 3.81. The molecule has 8 heteroatoms. The molecule has 1 atom stereocenters. The van der Waals surface area contributed by atoms with Gasteiger partial charge < -0.3 is 15.4 Å². The number of nitrogens with one attached hydrogen (secondary N) is 2. The van der Waals surface area contributed by atoms with Gasteiger partial charge in [-0.05, 0) is 19.4 Å². The monoisotopic (exact) mass is 358 g/mol. The van der Waals surface area contributed by atoms with Crippen LogP contribution in [0.2, 0.25) is 0 Å². The van der Waals surface area contributed by atoms with Crippen LogP contribution in [-0.2, 0) is 19.1 Å². The fraction of sp³-hybridized carbons (Fsp3) is 0.333. The van der Waals surface area contributed by atoms with Crippen LogP contribution in [0.25, 0.3) is 0 Å². The smallest absolute Gasteiger partial charge is 0.314 e. The van der Waals surface area contributed by atoms with Crippen molar-refractivity contribution in [2.24, 2.45) is 0 Å². The van der Waals surface area contributed by atoms with E-state index >= 15 is 0 Å². The first-order valence-electron chi connectivity index (χ1n) is 8.19. The van der Waals surface area contributed by atoms with Gasteiger partial charge in [-0.15, -0.1) is 0 Å². The van der Waals surface area contributed by atoms with Crippen molar-refractivity contribution in [3.63, 3.8) is 0 Å². The maximum absolute atomic E-state index is 12.3. The maximum Gasteiger partial charge on any atom is 0.314 e. The van der Waals surface area contributed by atoms with Crippen LogP contribution in [0.4, 0.5) is 5.82 Å². The third kappa shape index (κ3) is 4.92. The SMILES string of the molecule is COC(=O)C[C@@H](NC(=O)C(=O)Nc1ccnn1C(C)C)c1ccccc1. The molecule has 0 fully saturated rings. The Morgan fingerprint density at radius 1 is 1.12 bits per heavy atom. The molecule has 2 aromatic rings. The van der Waals surface area contributed by atoms with E-state index in [4.69, 9.17) is 0 Å². The molecule has 0 aliphatic rings. The van der Waals surface area contributed by atoms with Crippen molar-refractivity contribution >= 4 is 23.6 Å². The molecule has 0 aliphatic carbocycles. The van der Waals surface area contributed by atoms with E-state index in [1.807, 2.05) is 19.9 Å². The molecule has 26 heavy (non-hydrogen) atoms. The highest BCUT2D eigenvalue weighted by atomic mass is 16.5. The summed E-state index contributed by atoms with van der Waals surface area (Å²) in [6, 6.07) is 9.88. The van der Waals surface area contributed by atoms with Crippen molar-refractivity contribution < 1.29 is 19.1 Å². The van der Waals surface area contributed by atoms with Crippen molar-refractivity contribution in [3.8, 4) is 0 Å². The fourth-order valence-corrected chi connectivity index (χ4v) is 2.41. The number of ether oxygens (including phenoxy) is 1. The first-order chi connectivity index (χ1) is 12.4. The topological polar surface area (TPSA) is 102 Å². The first-order valence-corrected chi connectivity index (χ1v) is 8.19. The Labute approximate surface area is 151 Å². The summed E-state index contributed by atoms with van der Waals surface area (Å²) < 4.78 is 6.26. The van der Waals surface area contributed by atoms with Gasteiger partial charge in [-0.1, -0.05) is 30.3 Å². The lowest BCUT2D eigenvalue weighted by Gasteiger charge is -2.18. The Morgan fingerprint density at radius 2 is 1.81 bits per heavy atom. The molecule has 2 rings (SSSR count). The van der Waals surface area contributed by atoms with E-state index < -0.39 is 23.8 Å². The molecule has 1 aromatic heterocycles. The zero-order chi connectivity index (χ0) is 19.1. The fourth-order valence-electron chi connectivity index (χ4n) is 2.41. The van der Waals surface area contributed by atoms with Crippen LogP contribution in [-0.4, -0.2) is 34.7 Å². The third-order valence-electron chi connectivity index (χ3n) is 3.71. The predicted molar refractivity (Wildman–Crippen MR) is 95.2 cm³/mol. The number of anilines is 1. The van der Waals surface area contributed by atoms with Gasteiger partial charge in [0.2, 0.25) is 0 Å². The molecule has 0 bridgehead atoms. The molecule has 2 amide bonds. The van der Waals surface area contributed by atoms with Crippen LogP contribution < -0.4 is 10.6 Å². The molecular weight excluding hydrogens is 336 g/mol. The molecule has 1 aromatic carbocycles.